The summed E-state index contributed by atoms with van der Waals surface area (Å²) >= 11 is 0. The van der Waals surface area contributed by atoms with Crippen molar-refractivity contribution in [3.63, 3.8) is 0 Å². The Bertz CT molecular complexity index is 604. The molecule has 2 aromatic rings. The van der Waals surface area contributed by atoms with E-state index in [0.29, 0.717) is 23.5 Å². The minimum absolute atomic E-state index is 0.161. The Hall–Kier alpha value is -2.43. The molecule has 0 aliphatic carbocycles. The molecule has 0 saturated carbocycles. The Morgan fingerprint density at radius 3 is 2.58 bits per heavy atom. The molecule has 0 aliphatic rings. The molecule has 0 bridgehead atoms. The summed E-state index contributed by atoms with van der Waals surface area (Å²) in [6.07, 6.45) is 0. The van der Waals surface area contributed by atoms with Crippen LogP contribution in [0.3, 0.4) is 0 Å². The maximum atomic E-state index is 12.3. The molecule has 1 amide bonds. The van der Waals surface area contributed by atoms with Crippen LogP contribution in [0, 0.1) is 6.92 Å². The van der Waals surface area contributed by atoms with Gasteiger partial charge in [-0.05, 0) is 37.3 Å². The number of furan rings is 1. The van der Waals surface area contributed by atoms with Crippen molar-refractivity contribution in [3.05, 3.63) is 47.4 Å². The van der Waals surface area contributed by atoms with E-state index in [9.17, 15) is 4.79 Å². The Kier molecular flexibility index (Phi) is 3.46. The zero-order valence-corrected chi connectivity index (χ0v) is 11.0. The number of amides is 1. The fraction of sp³-hybridized carbons (Fsp3) is 0.214. The summed E-state index contributed by atoms with van der Waals surface area (Å²) in [5.74, 6) is 1.40. The largest absolute Gasteiger partial charge is 0.464 e. The van der Waals surface area contributed by atoms with Gasteiger partial charge in [-0.3, -0.25) is 4.79 Å². The highest BCUT2D eigenvalue weighted by molar-refractivity contribution is 5.99. The lowest BCUT2D eigenvalue weighted by atomic mass is 10.1. The highest BCUT2D eigenvalue weighted by Gasteiger charge is 2.16. The average molecular weight is 259 g/mol. The highest BCUT2D eigenvalue weighted by Crippen LogP contribution is 2.18. The third kappa shape index (κ3) is 2.88. The molecule has 0 atom stereocenters. The summed E-state index contributed by atoms with van der Waals surface area (Å²) in [6.45, 7) is 2.26. The van der Waals surface area contributed by atoms with Crippen LogP contribution in [0.25, 0.3) is 0 Å². The van der Waals surface area contributed by atoms with Crippen molar-refractivity contribution in [3.8, 4) is 0 Å². The third-order valence-corrected chi connectivity index (χ3v) is 2.84. The van der Waals surface area contributed by atoms with E-state index >= 15 is 0 Å². The van der Waals surface area contributed by atoms with Crippen molar-refractivity contribution in [2.45, 2.75) is 13.5 Å². The number of benzene rings is 1. The molecular weight excluding hydrogens is 242 g/mol. The normalized spacial score (nSPS) is 10.4. The van der Waals surface area contributed by atoms with Crippen molar-refractivity contribution >= 4 is 17.3 Å². The van der Waals surface area contributed by atoms with E-state index in [0.717, 1.165) is 11.5 Å². The number of nitrogens with zero attached hydrogens (tertiary/aromatic N) is 1. The number of anilines is 2. The molecule has 0 radical (unpaired) electrons. The van der Waals surface area contributed by atoms with Gasteiger partial charge in [0.05, 0.1) is 12.1 Å². The molecule has 1 aromatic heterocycles. The van der Waals surface area contributed by atoms with Crippen LogP contribution in [0.2, 0.25) is 0 Å². The predicted molar refractivity (Wildman–Crippen MR) is 74.5 cm³/mol. The SMILES string of the molecule is Cc1ccc(CN(C)C(=O)c2ccc(N)cc2N)o1. The lowest BCUT2D eigenvalue weighted by Gasteiger charge is -2.17. The third-order valence-electron chi connectivity index (χ3n) is 2.84. The lowest BCUT2D eigenvalue weighted by molar-refractivity contribution is 0.0776. The molecule has 0 unspecified atom stereocenters. The minimum atomic E-state index is -0.161. The van der Waals surface area contributed by atoms with Gasteiger partial charge in [-0.15, -0.1) is 0 Å². The van der Waals surface area contributed by atoms with Gasteiger partial charge in [0, 0.05) is 18.4 Å². The average Bonchev–Trinajstić information content (AvgIpc) is 2.74. The van der Waals surface area contributed by atoms with E-state index in [1.807, 2.05) is 19.1 Å². The second kappa shape index (κ2) is 5.06. The molecule has 0 spiro atoms. The summed E-state index contributed by atoms with van der Waals surface area (Å²) in [5, 5.41) is 0. The van der Waals surface area contributed by atoms with Crippen molar-refractivity contribution in [1.29, 1.82) is 0 Å². The zero-order chi connectivity index (χ0) is 14.0. The maximum absolute atomic E-state index is 12.3. The molecule has 100 valence electrons. The number of rotatable bonds is 3. The Labute approximate surface area is 111 Å². The number of nitrogen functional groups attached to an aromatic ring is 2. The standard InChI is InChI=1S/C14H17N3O2/c1-9-3-5-11(19-9)8-17(2)14(18)12-6-4-10(15)7-13(12)16/h3-7H,8,15-16H2,1-2H3. The molecule has 5 heteroatoms. The van der Waals surface area contributed by atoms with E-state index in [-0.39, 0.29) is 5.91 Å². The molecule has 0 aliphatic heterocycles. The van der Waals surface area contributed by atoms with Crippen LogP contribution in [-0.4, -0.2) is 17.9 Å². The topological polar surface area (TPSA) is 85.5 Å². The van der Waals surface area contributed by atoms with E-state index in [1.54, 1.807) is 30.1 Å². The Morgan fingerprint density at radius 2 is 2.00 bits per heavy atom. The minimum Gasteiger partial charge on any atom is -0.464 e. The lowest BCUT2D eigenvalue weighted by Crippen LogP contribution is -2.26. The first-order chi connectivity index (χ1) is 8.97. The second-order valence-corrected chi connectivity index (χ2v) is 4.52. The van der Waals surface area contributed by atoms with Gasteiger partial charge >= 0.3 is 0 Å². The van der Waals surface area contributed by atoms with Crippen LogP contribution in [0.4, 0.5) is 11.4 Å². The predicted octanol–water partition coefficient (Wildman–Crippen LogP) is 2.02. The van der Waals surface area contributed by atoms with Crippen LogP contribution in [0.1, 0.15) is 21.9 Å². The summed E-state index contributed by atoms with van der Waals surface area (Å²) in [5.41, 5.74) is 12.8. The van der Waals surface area contributed by atoms with Crippen LogP contribution in [0.5, 0.6) is 0 Å². The quantitative estimate of drug-likeness (QED) is 0.826. The van der Waals surface area contributed by atoms with Crippen molar-refractivity contribution < 1.29 is 9.21 Å². The molecule has 0 fully saturated rings. The van der Waals surface area contributed by atoms with Crippen LogP contribution >= 0.6 is 0 Å². The molecule has 4 N–H and O–H groups in total. The van der Waals surface area contributed by atoms with Gasteiger partial charge in [0.1, 0.15) is 11.5 Å². The number of nitrogens with two attached hydrogens (primary N) is 2. The molecule has 19 heavy (non-hydrogen) atoms. The van der Waals surface area contributed by atoms with E-state index in [1.165, 1.54) is 0 Å². The van der Waals surface area contributed by atoms with Crippen molar-refractivity contribution in [1.82, 2.24) is 4.90 Å². The monoisotopic (exact) mass is 259 g/mol. The number of carbonyl (C=O) groups is 1. The van der Waals surface area contributed by atoms with E-state index in [4.69, 9.17) is 15.9 Å². The summed E-state index contributed by atoms with van der Waals surface area (Å²) in [7, 11) is 1.70. The van der Waals surface area contributed by atoms with Gasteiger partial charge in [0.25, 0.3) is 5.91 Å². The number of carbonyl (C=O) groups excluding carboxylic acids is 1. The first kappa shape index (κ1) is 13.0. The van der Waals surface area contributed by atoms with Gasteiger partial charge in [0.15, 0.2) is 0 Å². The van der Waals surface area contributed by atoms with Gasteiger partial charge in [-0.25, -0.2) is 0 Å². The van der Waals surface area contributed by atoms with Gasteiger partial charge in [-0.2, -0.15) is 0 Å². The van der Waals surface area contributed by atoms with E-state index in [2.05, 4.69) is 0 Å². The molecular formula is C14H17N3O2. The van der Waals surface area contributed by atoms with Crippen LogP contribution in [-0.2, 0) is 6.54 Å². The number of aryl methyl sites for hydroxylation is 1. The highest BCUT2D eigenvalue weighted by atomic mass is 16.3. The molecule has 1 heterocycles. The van der Waals surface area contributed by atoms with Crippen molar-refractivity contribution in [2.24, 2.45) is 0 Å². The Balaban J connectivity index is 2.14. The zero-order valence-electron chi connectivity index (χ0n) is 11.0. The van der Waals surface area contributed by atoms with Crippen molar-refractivity contribution in [2.75, 3.05) is 18.5 Å². The summed E-state index contributed by atoms with van der Waals surface area (Å²) in [6, 6.07) is 8.60. The van der Waals surface area contributed by atoms with E-state index < -0.39 is 0 Å². The fourth-order valence-corrected chi connectivity index (χ4v) is 1.86. The summed E-state index contributed by atoms with van der Waals surface area (Å²) in [4.78, 5) is 13.8. The fourth-order valence-electron chi connectivity index (χ4n) is 1.86. The van der Waals surface area contributed by atoms with Crippen LogP contribution in [0.15, 0.2) is 34.7 Å². The smallest absolute Gasteiger partial charge is 0.256 e. The molecule has 2 rings (SSSR count). The summed E-state index contributed by atoms with van der Waals surface area (Å²) < 4.78 is 5.44. The van der Waals surface area contributed by atoms with Gasteiger partial charge < -0.3 is 20.8 Å². The second-order valence-electron chi connectivity index (χ2n) is 4.52. The number of hydrogen-bond acceptors (Lipinski definition) is 4. The first-order valence-electron chi connectivity index (χ1n) is 5.93. The molecule has 0 saturated heterocycles. The van der Waals surface area contributed by atoms with Crippen LogP contribution < -0.4 is 11.5 Å². The van der Waals surface area contributed by atoms with Gasteiger partial charge in [0.2, 0.25) is 0 Å². The Morgan fingerprint density at radius 1 is 1.26 bits per heavy atom. The first-order valence-corrected chi connectivity index (χ1v) is 5.93. The molecule has 5 nitrogen and oxygen atoms in total. The van der Waals surface area contributed by atoms with Gasteiger partial charge in [-0.1, -0.05) is 0 Å². The molecule has 1 aromatic carbocycles. The number of hydrogen-bond donors (Lipinski definition) is 2. The maximum Gasteiger partial charge on any atom is 0.256 e.